The molecule has 0 saturated heterocycles. The third kappa shape index (κ3) is 2.61. The first-order valence-electron chi connectivity index (χ1n) is 1.85. The Morgan fingerprint density at radius 1 is 1.71 bits per heavy atom. The van der Waals surface area contributed by atoms with Gasteiger partial charge in [0.05, 0.1) is 0 Å². The number of hydrogen-bond acceptors (Lipinski definition) is 1. The third-order valence-corrected chi connectivity index (χ3v) is 0.635. The Labute approximate surface area is 85.1 Å². The molecule has 0 spiro atoms. The van der Waals surface area contributed by atoms with E-state index in [4.69, 9.17) is 0 Å². The third-order valence-electron chi connectivity index (χ3n) is 0.635. The summed E-state index contributed by atoms with van der Waals surface area (Å²) >= 11 is 0. The second-order valence-electron chi connectivity index (χ2n) is 1.17. The maximum atomic E-state index is 3.86. The van der Waals surface area contributed by atoms with Crippen molar-refractivity contribution in [2.75, 3.05) is 0 Å². The van der Waals surface area contributed by atoms with E-state index in [1.807, 2.05) is 6.92 Å². The number of nitrogens with zero attached hydrogens (tertiary/aromatic N) is 1. The zero-order valence-electron chi connectivity index (χ0n) is 4.60. The summed E-state index contributed by atoms with van der Waals surface area (Å²) < 4.78 is 0. The predicted octanol–water partition coefficient (Wildman–Crippen LogP) is 0.337. The van der Waals surface area contributed by atoms with Gasteiger partial charge in [-0.1, -0.05) is 0 Å². The molecular weight excluding hydrogens is 115 g/mol. The van der Waals surface area contributed by atoms with Crippen LogP contribution in [0.2, 0.25) is 0 Å². The fourth-order valence-corrected chi connectivity index (χ4v) is 0.344. The van der Waals surface area contributed by atoms with Gasteiger partial charge < -0.3 is 4.98 Å². The minimum atomic E-state index is 0. The molecule has 1 rings (SSSR count). The number of hydrogen-bond donors (Lipinski definition) is 1. The van der Waals surface area contributed by atoms with Crippen molar-refractivity contribution in [3.05, 3.63) is 18.2 Å². The summed E-state index contributed by atoms with van der Waals surface area (Å²) in [4.78, 5) is 6.75. The van der Waals surface area contributed by atoms with Crippen molar-refractivity contribution in [1.82, 2.24) is 9.97 Å². The first kappa shape index (κ1) is 7.85. The van der Waals surface area contributed by atoms with Gasteiger partial charge in [-0.2, -0.15) is 0 Å². The van der Waals surface area contributed by atoms with Gasteiger partial charge in [0, 0.05) is 63.8 Å². The van der Waals surface area contributed by atoms with E-state index in [9.17, 15) is 0 Å². The van der Waals surface area contributed by atoms with Crippen LogP contribution in [0.3, 0.4) is 0 Å². The van der Waals surface area contributed by atoms with Crippen molar-refractivity contribution in [2.45, 2.75) is 6.92 Å². The largest absolute Gasteiger partial charge is 0.349 e. The van der Waals surface area contributed by atoms with Crippen LogP contribution in [0.15, 0.2) is 12.4 Å². The maximum absolute atomic E-state index is 3.86. The van der Waals surface area contributed by atoms with Crippen molar-refractivity contribution in [3.63, 3.8) is 0 Å². The van der Waals surface area contributed by atoms with Crippen LogP contribution in [0.5, 0.6) is 0 Å². The standard InChI is InChI=1S/C4H6N2.K/c1-4-5-2-3-6-4;/h2-3H,1H3,(H,5,6);. The summed E-state index contributed by atoms with van der Waals surface area (Å²) in [5.41, 5.74) is 0. The summed E-state index contributed by atoms with van der Waals surface area (Å²) in [7, 11) is 0. The zero-order valence-corrected chi connectivity index (χ0v) is 7.73. The molecule has 1 heterocycles. The van der Waals surface area contributed by atoms with Gasteiger partial charge in [0.15, 0.2) is 0 Å². The Hall–Kier alpha value is 0.846. The van der Waals surface area contributed by atoms with Gasteiger partial charge in [-0.05, 0) is 6.92 Å². The van der Waals surface area contributed by atoms with Crippen molar-refractivity contribution in [1.29, 1.82) is 0 Å². The van der Waals surface area contributed by atoms with Gasteiger partial charge >= 0.3 is 0 Å². The minimum absolute atomic E-state index is 0. The number of imidazole rings is 1. The molecule has 1 N–H and O–H groups in total. The normalized spacial score (nSPS) is 7.57. The van der Waals surface area contributed by atoms with Gasteiger partial charge in [-0.15, -0.1) is 0 Å². The Morgan fingerprint density at radius 2 is 2.43 bits per heavy atom. The van der Waals surface area contributed by atoms with Crippen LogP contribution in [-0.4, -0.2) is 61.4 Å². The van der Waals surface area contributed by atoms with Crippen molar-refractivity contribution in [2.24, 2.45) is 0 Å². The van der Waals surface area contributed by atoms with Gasteiger partial charge in [0.25, 0.3) is 0 Å². The molecule has 0 aliphatic carbocycles. The molecule has 0 aliphatic heterocycles. The van der Waals surface area contributed by atoms with E-state index >= 15 is 0 Å². The minimum Gasteiger partial charge on any atom is -0.349 e. The van der Waals surface area contributed by atoms with Crippen LogP contribution in [0.1, 0.15) is 5.82 Å². The monoisotopic (exact) mass is 121 g/mol. The van der Waals surface area contributed by atoms with E-state index < -0.39 is 0 Å². The number of aromatic amines is 1. The average molecular weight is 121 g/mol. The van der Waals surface area contributed by atoms with Crippen molar-refractivity contribution in [3.8, 4) is 0 Å². The Bertz CT molecular complexity index is 113. The molecule has 0 bridgehead atoms. The van der Waals surface area contributed by atoms with Crippen LogP contribution in [-0.2, 0) is 0 Å². The SMILES string of the molecule is Cc1ncc[nH]1.[K]. The summed E-state index contributed by atoms with van der Waals surface area (Å²) in [6.45, 7) is 1.92. The number of rotatable bonds is 0. The van der Waals surface area contributed by atoms with Crippen molar-refractivity contribution >= 4 is 51.4 Å². The molecule has 0 saturated carbocycles. The molecule has 0 atom stereocenters. The van der Waals surface area contributed by atoms with Gasteiger partial charge in [0.2, 0.25) is 0 Å². The van der Waals surface area contributed by atoms with Crippen LogP contribution in [0.25, 0.3) is 0 Å². The van der Waals surface area contributed by atoms with E-state index in [0.717, 1.165) is 5.82 Å². The fraction of sp³-hybridized carbons (Fsp3) is 0.250. The Balaban J connectivity index is 0.000000360. The molecule has 0 unspecified atom stereocenters. The van der Waals surface area contributed by atoms with E-state index in [-0.39, 0.29) is 51.4 Å². The summed E-state index contributed by atoms with van der Waals surface area (Å²) in [5.74, 6) is 0.968. The van der Waals surface area contributed by atoms with E-state index in [2.05, 4.69) is 9.97 Å². The Morgan fingerprint density at radius 3 is 2.57 bits per heavy atom. The Kier molecular flexibility index (Phi) is 4.26. The molecule has 0 aromatic carbocycles. The van der Waals surface area contributed by atoms with Gasteiger partial charge in [0.1, 0.15) is 5.82 Å². The first-order chi connectivity index (χ1) is 2.89. The van der Waals surface area contributed by atoms with Crippen LogP contribution in [0, 0.1) is 6.92 Å². The number of aromatic nitrogens is 2. The molecule has 7 heavy (non-hydrogen) atoms. The van der Waals surface area contributed by atoms with Gasteiger partial charge in [-0.25, -0.2) is 4.98 Å². The quantitative estimate of drug-likeness (QED) is 0.492. The van der Waals surface area contributed by atoms with E-state index in [0.29, 0.717) is 0 Å². The molecule has 1 aromatic heterocycles. The van der Waals surface area contributed by atoms with E-state index in [1.54, 1.807) is 12.4 Å². The fourth-order valence-electron chi connectivity index (χ4n) is 0.344. The van der Waals surface area contributed by atoms with Crippen LogP contribution < -0.4 is 0 Å². The molecule has 3 heteroatoms. The molecule has 0 amide bonds. The molecule has 2 nitrogen and oxygen atoms in total. The van der Waals surface area contributed by atoms with Crippen LogP contribution >= 0.6 is 0 Å². The summed E-state index contributed by atoms with van der Waals surface area (Å²) in [6, 6.07) is 0. The van der Waals surface area contributed by atoms with E-state index in [1.165, 1.54) is 0 Å². The number of nitrogens with one attached hydrogen (secondary N) is 1. The summed E-state index contributed by atoms with van der Waals surface area (Å²) in [6.07, 6.45) is 3.53. The topological polar surface area (TPSA) is 28.7 Å². The van der Waals surface area contributed by atoms with Crippen LogP contribution in [0.4, 0.5) is 0 Å². The molecular formula is C4H6KN2. The number of aryl methyl sites for hydroxylation is 1. The molecule has 0 fully saturated rings. The summed E-state index contributed by atoms with van der Waals surface area (Å²) in [5, 5.41) is 0. The smallest absolute Gasteiger partial charge is 0.102 e. The molecule has 1 aromatic rings. The van der Waals surface area contributed by atoms with Gasteiger partial charge in [-0.3, -0.25) is 0 Å². The molecule has 0 aliphatic rings. The van der Waals surface area contributed by atoms with Crippen molar-refractivity contribution < 1.29 is 0 Å². The zero-order chi connectivity index (χ0) is 4.41. The first-order valence-corrected chi connectivity index (χ1v) is 1.85. The second kappa shape index (κ2) is 3.80. The predicted molar refractivity (Wildman–Crippen MR) is 29.1 cm³/mol. The number of H-pyrrole nitrogens is 1. The maximum Gasteiger partial charge on any atom is 0.102 e. The molecule has 33 valence electrons. The molecule has 1 radical (unpaired) electrons. The average Bonchev–Trinajstić information content (AvgIpc) is 1.86. The second-order valence-corrected chi connectivity index (χ2v) is 1.17.